The van der Waals surface area contributed by atoms with E-state index in [1.165, 1.54) is 6.07 Å². The van der Waals surface area contributed by atoms with Crippen LogP contribution < -0.4 is 11.1 Å². The number of amides is 1. The molecule has 0 saturated heterocycles. The van der Waals surface area contributed by atoms with Crippen molar-refractivity contribution in [1.82, 2.24) is 5.32 Å². The summed E-state index contributed by atoms with van der Waals surface area (Å²) in [7, 11) is -3.54. The molecular weight excluding hydrogens is 384 g/mol. The fourth-order valence-corrected chi connectivity index (χ4v) is 4.62. The molecule has 5 nitrogen and oxygen atoms in total. The van der Waals surface area contributed by atoms with Crippen molar-refractivity contribution in [1.29, 1.82) is 0 Å². The van der Waals surface area contributed by atoms with Crippen LogP contribution in [0.5, 0.6) is 0 Å². The zero-order valence-corrected chi connectivity index (χ0v) is 17.1. The number of carbonyl (C=O) groups excluding carboxylic acids is 1. The number of sulfone groups is 1. The van der Waals surface area contributed by atoms with Gasteiger partial charge in [0.05, 0.1) is 21.8 Å². The van der Waals surface area contributed by atoms with Gasteiger partial charge in [-0.1, -0.05) is 18.2 Å². The van der Waals surface area contributed by atoms with E-state index in [0.717, 1.165) is 30.4 Å². The third kappa shape index (κ3) is 4.28. The van der Waals surface area contributed by atoms with E-state index in [9.17, 15) is 13.2 Å². The Balaban J connectivity index is 0.00000261. The van der Waals surface area contributed by atoms with Crippen LogP contribution in [0.4, 0.5) is 5.69 Å². The molecule has 0 heterocycles. The van der Waals surface area contributed by atoms with Crippen molar-refractivity contribution >= 4 is 33.8 Å². The van der Waals surface area contributed by atoms with Crippen molar-refractivity contribution < 1.29 is 13.2 Å². The van der Waals surface area contributed by atoms with E-state index in [1.807, 2.05) is 18.2 Å². The summed E-state index contributed by atoms with van der Waals surface area (Å²) in [5, 5.41) is 2.43. The number of nitrogens with two attached hydrogens (primary N) is 1. The van der Waals surface area contributed by atoms with Gasteiger partial charge in [-0.2, -0.15) is 0 Å². The average Bonchev–Trinajstić information content (AvgIpc) is 2.61. The van der Waals surface area contributed by atoms with Crippen molar-refractivity contribution in [3.63, 3.8) is 0 Å². The second-order valence-electron chi connectivity index (χ2n) is 6.97. The van der Waals surface area contributed by atoms with Crippen molar-refractivity contribution in [2.75, 3.05) is 5.73 Å². The maximum atomic E-state index is 12.9. The topological polar surface area (TPSA) is 89.3 Å². The number of hydrogen-bond donors (Lipinski definition) is 2. The summed E-state index contributed by atoms with van der Waals surface area (Å²) in [4.78, 5) is 13.0. The van der Waals surface area contributed by atoms with Gasteiger partial charge in [-0.3, -0.25) is 4.79 Å². The van der Waals surface area contributed by atoms with Crippen LogP contribution >= 0.6 is 12.4 Å². The van der Waals surface area contributed by atoms with Crippen LogP contribution in [0, 0.1) is 0 Å². The van der Waals surface area contributed by atoms with Crippen molar-refractivity contribution in [2.45, 2.75) is 49.3 Å². The molecule has 27 heavy (non-hydrogen) atoms. The highest BCUT2D eigenvalue weighted by Crippen LogP contribution is 2.31. The number of aryl methyl sites for hydroxylation is 1. The molecule has 2 aromatic carbocycles. The number of hydrogen-bond acceptors (Lipinski definition) is 4. The van der Waals surface area contributed by atoms with Crippen LogP contribution in [0.15, 0.2) is 47.4 Å². The predicted octanol–water partition coefficient (Wildman–Crippen LogP) is 3.68. The molecule has 0 fully saturated rings. The summed E-state index contributed by atoms with van der Waals surface area (Å²) in [6, 6.07) is 12.0. The fraction of sp³-hybridized carbons (Fsp3) is 0.350. The number of nitrogen functional groups attached to an aromatic ring is 1. The van der Waals surface area contributed by atoms with Crippen LogP contribution in [0.1, 0.15) is 54.2 Å². The minimum Gasteiger partial charge on any atom is -0.399 e. The first-order valence-electron chi connectivity index (χ1n) is 8.83. The molecule has 1 atom stereocenters. The second kappa shape index (κ2) is 8.31. The van der Waals surface area contributed by atoms with Crippen LogP contribution in [-0.2, 0) is 16.3 Å². The largest absolute Gasteiger partial charge is 0.399 e. The Morgan fingerprint density at radius 2 is 1.89 bits per heavy atom. The van der Waals surface area contributed by atoms with E-state index in [1.54, 1.807) is 32.0 Å². The molecule has 3 rings (SSSR count). The summed E-state index contributed by atoms with van der Waals surface area (Å²) in [5.74, 6) is -0.362. The van der Waals surface area contributed by atoms with Crippen LogP contribution in [0.3, 0.4) is 0 Å². The number of anilines is 1. The van der Waals surface area contributed by atoms with Gasteiger partial charge < -0.3 is 11.1 Å². The minimum atomic E-state index is -3.54. The van der Waals surface area contributed by atoms with Gasteiger partial charge in [-0.25, -0.2) is 8.42 Å². The molecule has 3 N–H and O–H groups in total. The fourth-order valence-electron chi connectivity index (χ4n) is 3.38. The zero-order chi connectivity index (χ0) is 18.9. The summed E-state index contributed by atoms with van der Waals surface area (Å²) in [5.41, 5.74) is 8.97. The van der Waals surface area contributed by atoms with Crippen molar-refractivity contribution in [3.05, 3.63) is 59.2 Å². The molecule has 1 aliphatic carbocycles. The number of benzene rings is 2. The molecule has 7 heteroatoms. The molecule has 1 aliphatic rings. The molecule has 0 bridgehead atoms. The van der Waals surface area contributed by atoms with E-state index >= 15 is 0 Å². The van der Waals surface area contributed by atoms with E-state index in [4.69, 9.17) is 5.73 Å². The lowest BCUT2D eigenvalue weighted by molar-refractivity contribution is 0.0929. The minimum absolute atomic E-state index is 0. The van der Waals surface area contributed by atoms with E-state index in [2.05, 4.69) is 5.32 Å². The Kier molecular flexibility index (Phi) is 6.54. The highest BCUT2D eigenvalue weighted by atomic mass is 35.5. The summed E-state index contributed by atoms with van der Waals surface area (Å²) < 4.78 is 25.2. The summed E-state index contributed by atoms with van der Waals surface area (Å²) in [6.45, 7) is 3.23. The molecule has 0 aliphatic heterocycles. The number of nitrogens with one attached hydrogen (secondary N) is 1. The highest BCUT2D eigenvalue weighted by molar-refractivity contribution is 7.92. The van der Waals surface area contributed by atoms with Crippen molar-refractivity contribution in [2.24, 2.45) is 0 Å². The molecule has 2 aromatic rings. The third-order valence-electron chi connectivity index (χ3n) is 4.85. The van der Waals surface area contributed by atoms with Crippen molar-refractivity contribution in [3.8, 4) is 0 Å². The Hall–Kier alpha value is -2.05. The molecule has 1 unspecified atom stereocenters. The van der Waals surface area contributed by atoms with E-state index < -0.39 is 15.1 Å². The van der Waals surface area contributed by atoms with E-state index in [0.29, 0.717) is 5.69 Å². The van der Waals surface area contributed by atoms with Gasteiger partial charge in [-0.15, -0.1) is 12.4 Å². The standard InChI is InChI=1S/C20H24N2O3S.ClH/c1-13(2)26(24,25)19-9-4-3-7-17(19)20(23)22-18-8-5-6-14-12-15(21)10-11-16(14)18;/h3-4,7,9-13,18H,5-6,8,21H2,1-2H3,(H,22,23);1H. The maximum absolute atomic E-state index is 12.9. The molecule has 0 saturated carbocycles. The predicted molar refractivity (Wildman–Crippen MR) is 110 cm³/mol. The number of rotatable bonds is 4. The monoisotopic (exact) mass is 408 g/mol. The molecule has 0 spiro atoms. The lowest BCUT2D eigenvalue weighted by Crippen LogP contribution is -2.32. The van der Waals surface area contributed by atoms with Gasteiger partial charge in [-0.05, 0) is 68.5 Å². The maximum Gasteiger partial charge on any atom is 0.253 e. The molecular formula is C20H25ClN2O3S. The normalized spacial score (nSPS) is 16.3. The van der Waals surface area contributed by atoms with E-state index in [-0.39, 0.29) is 34.8 Å². The number of halogens is 1. The van der Waals surface area contributed by atoms with Gasteiger partial charge in [0.25, 0.3) is 5.91 Å². The Bertz CT molecular complexity index is 942. The Labute approximate surface area is 166 Å². The molecule has 1 amide bonds. The second-order valence-corrected chi connectivity index (χ2v) is 9.44. The van der Waals surface area contributed by atoms with Crippen LogP contribution in [0.2, 0.25) is 0 Å². The van der Waals surface area contributed by atoms with Crippen LogP contribution in [-0.4, -0.2) is 19.6 Å². The smallest absolute Gasteiger partial charge is 0.253 e. The quantitative estimate of drug-likeness (QED) is 0.755. The SMILES string of the molecule is CC(C)S(=O)(=O)c1ccccc1C(=O)NC1CCCc2cc(N)ccc21.Cl. The summed E-state index contributed by atoms with van der Waals surface area (Å²) >= 11 is 0. The molecule has 146 valence electrons. The number of carbonyl (C=O) groups is 1. The Morgan fingerprint density at radius 1 is 1.19 bits per heavy atom. The highest BCUT2D eigenvalue weighted by Gasteiger charge is 2.27. The molecule has 0 radical (unpaired) electrons. The lowest BCUT2D eigenvalue weighted by atomic mass is 9.87. The first-order chi connectivity index (χ1) is 12.3. The van der Waals surface area contributed by atoms with Gasteiger partial charge in [0, 0.05) is 5.69 Å². The Morgan fingerprint density at radius 3 is 2.59 bits per heavy atom. The van der Waals surface area contributed by atoms with Gasteiger partial charge in [0.1, 0.15) is 0 Å². The summed E-state index contributed by atoms with van der Waals surface area (Å²) in [6.07, 6.45) is 2.71. The number of fused-ring (bicyclic) bond motifs is 1. The van der Waals surface area contributed by atoms with Gasteiger partial charge >= 0.3 is 0 Å². The van der Waals surface area contributed by atoms with Crippen LogP contribution in [0.25, 0.3) is 0 Å². The zero-order valence-electron chi connectivity index (χ0n) is 15.4. The average molecular weight is 409 g/mol. The lowest BCUT2D eigenvalue weighted by Gasteiger charge is -2.27. The van der Waals surface area contributed by atoms with Gasteiger partial charge in [0.15, 0.2) is 9.84 Å². The third-order valence-corrected chi connectivity index (χ3v) is 7.06. The van der Waals surface area contributed by atoms with Gasteiger partial charge in [0.2, 0.25) is 0 Å². The first kappa shape index (κ1) is 21.3. The molecule has 0 aromatic heterocycles. The first-order valence-corrected chi connectivity index (χ1v) is 10.4.